The number of aryl methyl sites for hydroxylation is 1. The minimum absolute atomic E-state index is 0.229. The lowest BCUT2D eigenvalue weighted by Gasteiger charge is -2.28. The maximum atomic E-state index is 12.2. The van der Waals surface area contributed by atoms with E-state index in [1.54, 1.807) is 7.11 Å². The first-order chi connectivity index (χ1) is 10.7. The molecule has 0 unspecified atom stereocenters. The van der Waals surface area contributed by atoms with Crippen molar-refractivity contribution in [1.82, 2.24) is 9.80 Å². The highest BCUT2D eigenvalue weighted by atomic mass is 16.5. The lowest BCUT2D eigenvalue weighted by Crippen LogP contribution is -2.38. The summed E-state index contributed by atoms with van der Waals surface area (Å²) in [5, 5.41) is 0. The third-order valence-corrected chi connectivity index (χ3v) is 4.41. The van der Waals surface area contributed by atoms with Crippen LogP contribution in [-0.4, -0.2) is 56.0 Å². The number of carbonyl (C=O) groups excluding carboxylic acids is 1. The zero-order chi connectivity index (χ0) is 15.8. The van der Waals surface area contributed by atoms with Gasteiger partial charge in [0.25, 0.3) is 0 Å². The molecule has 0 bridgehead atoms. The minimum Gasteiger partial charge on any atom is -0.497 e. The van der Waals surface area contributed by atoms with Gasteiger partial charge in [0.1, 0.15) is 5.75 Å². The summed E-state index contributed by atoms with van der Waals surface area (Å²) < 4.78 is 5.14. The van der Waals surface area contributed by atoms with Gasteiger partial charge in [-0.25, -0.2) is 0 Å². The lowest BCUT2D eigenvalue weighted by molar-refractivity contribution is -0.130. The second-order valence-corrected chi connectivity index (χ2v) is 6.07. The van der Waals surface area contributed by atoms with Crippen LogP contribution in [0.25, 0.3) is 0 Å². The maximum absolute atomic E-state index is 12.2. The summed E-state index contributed by atoms with van der Waals surface area (Å²) in [7, 11) is 3.58. The van der Waals surface area contributed by atoms with Crippen molar-refractivity contribution in [1.29, 1.82) is 0 Å². The first-order valence-corrected chi connectivity index (χ1v) is 8.28. The molecule has 122 valence electrons. The Balaban J connectivity index is 1.68. The van der Waals surface area contributed by atoms with E-state index in [9.17, 15) is 4.79 Å². The van der Waals surface area contributed by atoms with Crippen LogP contribution in [0.4, 0.5) is 0 Å². The van der Waals surface area contributed by atoms with Crippen LogP contribution in [0.3, 0.4) is 0 Å². The summed E-state index contributed by atoms with van der Waals surface area (Å²) in [6, 6.07) is 7.94. The molecule has 0 aliphatic carbocycles. The van der Waals surface area contributed by atoms with Crippen molar-refractivity contribution in [2.75, 3.05) is 40.3 Å². The molecule has 1 aromatic carbocycles. The fourth-order valence-corrected chi connectivity index (χ4v) is 2.83. The Bertz CT molecular complexity index is 453. The second-order valence-electron chi connectivity index (χ2n) is 6.07. The minimum atomic E-state index is 0.229. The lowest BCUT2D eigenvalue weighted by atomic mass is 10.1. The van der Waals surface area contributed by atoms with Crippen LogP contribution in [0.15, 0.2) is 24.3 Å². The summed E-state index contributed by atoms with van der Waals surface area (Å²) in [6.45, 7) is 4.22. The van der Waals surface area contributed by atoms with Crippen molar-refractivity contribution in [2.24, 2.45) is 0 Å². The zero-order valence-corrected chi connectivity index (χ0v) is 13.9. The van der Waals surface area contributed by atoms with E-state index in [-0.39, 0.29) is 5.91 Å². The van der Waals surface area contributed by atoms with Crippen molar-refractivity contribution in [3.63, 3.8) is 0 Å². The molecule has 0 spiro atoms. The van der Waals surface area contributed by atoms with Crippen LogP contribution in [0.5, 0.6) is 5.75 Å². The average Bonchev–Trinajstić information content (AvgIpc) is 2.58. The molecule has 1 heterocycles. The molecule has 0 radical (unpaired) electrons. The second kappa shape index (κ2) is 8.79. The summed E-state index contributed by atoms with van der Waals surface area (Å²) in [4.78, 5) is 16.5. The molecular formula is C18H28N2O2. The van der Waals surface area contributed by atoms with E-state index >= 15 is 0 Å². The van der Waals surface area contributed by atoms with Crippen LogP contribution in [0.2, 0.25) is 0 Å². The zero-order valence-electron chi connectivity index (χ0n) is 13.9. The SMILES string of the molecule is COc1ccc(CCC(=O)N(C)CCN2CCCCC2)cc1. The predicted octanol–water partition coefficient (Wildman–Crippen LogP) is 2.57. The Kier molecular flexibility index (Phi) is 6.72. The molecule has 1 saturated heterocycles. The summed E-state index contributed by atoms with van der Waals surface area (Å²) in [5.41, 5.74) is 1.18. The van der Waals surface area contributed by atoms with Crippen LogP contribution in [0.1, 0.15) is 31.2 Å². The van der Waals surface area contributed by atoms with E-state index in [0.29, 0.717) is 6.42 Å². The molecule has 0 saturated carbocycles. The molecule has 22 heavy (non-hydrogen) atoms. The molecule has 1 aliphatic heterocycles. The number of methoxy groups -OCH3 is 1. The van der Waals surface area contributed by atoms with Gasteiger partial charge in [0, 0.05) is 26.6 Å². The number of nitrogens with zero attached hydrogens (tertiary/aromatic N) is 2. The van der Waals surface area contributed by atoms with Crippen LogP contribution < -0.4 is 4.74 Å². The van der Waals surface area contributed by atoms with E-state index in [4.69, 9.17) is 4.74 Å². The van der Waals surface area contributed by atoms with Gasteiger partial charge in [-0.15, -0.1) is 0 Å². The van der Waals surface area contributed by atoms with Crippen molar-refractivity contribution >= 4 is 5.91 Å². The smallest absolute Gasteiger partial charge is 0.222 e. The molecule has 1 aromatic rings. The fraction of sp³-hybridized carbons (Fsp3) is 0.611. The number of ether oxygens (including phenoxy) is 1. The van der Waals surface area contributed by atoms with Crippen molar-refractivity contribution in [2.45, 2.75) is 32.1 Å². The molecule has 4 heteroatoms. The third kappa shape index (κ3) is 5.34. The molecular weight excluding hydrogens is 276 g/mol. The largest absolute Gasteiger partial charge is 0.497 e. The molecule has 1 fully saturated rings. The summed E-state index contributed by atoms with van der Waals surface area (Å²) >= 11 is 0. The van der Waals surface area contributed by atoms with Crippen LogP contribution in [-0.2, 0) is 11.2 Å². The first-order valence-electron chi connectivity index (χ1n) is 8.28. The highest BCUT2D eigenvalue weighted by Gasteiger charge is 2.13. The Morgan fingerprint density at radius 3 is 2.50 bits per heavy atom. The van der Waals surface area contributed by atoms with Crippen LogP contribution in [0, 0.1) is 0 Å². The maximum Gasteiger partial charge on any atom is 0.222 e. The highest BCUT2D eigenvalue weighted by Crippen LogP contribution is 2.13. The number of rotatable bonds is 7. The number of carbonyl (C=O) groups is 1. The monoisotopic (exact) mass is 304 g/mol. The number of hydrogen-bond acceptors (Lipinski definition) is 3. The number of likely N-dealkylation sites (N-methyl/N-ethyl adjacent to an activating group) is 1. The Labute approximate surface area is 134 Å². The van der Waals surface area contributed by atoms with E-state index in [0.717, 1.165) is 25.3 Å². The van der Waals surface area contributed by atoms with Crippen molar-refractivity contribution in [3.8, 4) is 5.75 Å². The van der Waals surface area contributed by atoms with E-state index < -0.39 is 0 Å². The van der Waals surface area contributed by atoms with Gasteiger partial charge in [0.05, 0.1) is 7.11 Å². The Morgan fingerprint density at radius 1 is 1.18 bits per heavy atom. The molecule has 2 rings (SSSR count). The fourth-order valence-electron chi connectivity index (χ4n) is 2.83. The quantitative estimate of drug-likeness (QED) is 0.776. The molecule has 0 aromatic heterocycles. The Hall–Kier alpha value is -1.55. The first kappa shape index (κ1) is 16.8. The number of likely N-dealkylation sites (tertiary alicyclic amines) is 1. The molecule has 0 N–H and O–H groups in total. The summed E-state index contributed by atoms with van der Waals surface area (Å²) in [6.07, 6.45) is 5.32. The van der Waals surface area contributed by atoms with Gasteiger partial charge in [-0.05, 0) is 50.0 Å². The number of amides is 1. The predicted molar refractivity (Wildman–Crippen MR) is 89.2 cm³/mol. The standard InChI is InChI=1S/C18H28N2O2/c1-19(14-15-20-12-4-3-5-13-20)18(21)11-8-16-6-9-17(22-2)10-7-16/h6-7,9-10H,3-5,8,11-15H2,1-2H3. The normalized spacial score (nSPS) is 15.5. The highest BCUT2D eigenvalue weighted by molar-refractivity contribution is 5.76. The van der Waals surface area contributed by atoms with Gasteiger partial charge < -0.3 is 14.5 Å². The molecule has 1 aliphatic rings. The van der Waals surface area contributed by atoms with E-state index in [1.165, 1.54) is 37.9 Å². The van der Waals surface area contributed by atoms with Crippen molar-refractivity contribution in [3.05, 3.63) is 29.8 Å². The van der Waals surface area contributed by atoms with Gasteiger partial charge in [-0.3, -0.25) is 4.79 Å². The molecule has 4 nitrogen and oxygen atoms in total. The average molecular weight is 304 g/mol. The Morgan fingerprint density at radius 2 is 1.86 bits per heavy atom. The third-order valence-electron chi connectivity index (χ3n) is 4.41. The number of hydrogen-bond donors (Lipinski definition) is 0. The summed E-state index contributed by atoms with van der Waals surface area (Å²) in [5.74, 6) is 1.08. The molecule has 1 amide bonds. The van der Waals surface area contributed by atoms with Gasteiger partial charge in [0.15, 0.2) is 0 Å². The van der Waals surface area contributed by atoms with Gasteiger partial charge in [-0.1, -0.05) is 18.6 Å². The number of piperidine rings is 1. The van der Waals surface area contributed by atoms with E-state index in [1.807, 2.05) is 36.2 Å². The van der Waals surface area contributed by atoms with Crippen molar-refractivity contribution < 1.29 is 9.53 Å². The van der Waals surface area contributed by atoms with Crippen LogP contribution >= 0.6 is 0 Å². The molecule has 0 atom stereocenters. The van der Waals surface area contributed by atoms with Gasteiger partial charge in [0.2, 0.25) is 5.91 Å². The van der Waals surface area contributed by atoms with Gasteiger partial charge >= 0.3 is 0 Å². The topological polar surface area (TPSA) is 32.8 Å². The van der Waals surface area contributed by atoms with Gasteiger partial charge in [-0.2, -0.15) is 0 Å². The van der Waals surface area contributed by atoms with E-state index in [2.05, 4.69) is 4.90 Å². The number of benzene rings is 1.